The second kappa shape index (κ2) is 7.00. The minimum Gasteiger partial charge on any atom is -0.437 e. The van der Waals surface area contributed by atoms with E-state index in [4.69, 9.17) is 22.3 Å². The first kappa shape index (κ1) is 15.1. The van der Waals surface area contributed by atoms with Crippen LogP contribution in [0.1, 0.15) is 11.1 Å². The normalized spacial score (nSPS) is 9.58. The van der Waals surface area contributed by atoms with Crippen molar-refractivity contribution in [1.82, 2.24) is 9.97 Å². The van der Waals surface area contributed by atoms with Crippen LogP contribution in [0.2, 0.25) is 0 Å². The Morgan fingerprint density at radius 2 is 1.25 bits per heavy atom. The molecule has 0 unspecified atom stereocenters. The summed E-state index contributed by atoms with van der Waals surface area (Å²) in [7, 11) is 0. The highest BCUT2D eigenvalue weighted by Gasteiger charge is 2.05. The van der Waals surface area contributed by atoms with Gasteiger partial charge in [-0.05, 0) is 36.4 Å². The summed E-state index contributed by atoms with van der Waals surface area (Å²) in [5, 5.41) is 0. The summed E-state index contributed by atoms with van der Waals surface area (Å²) in [4.78, 5) is 8.33. The van der Waals surface area contributed by atoms with E-state index in [9.17, 15) is 0 Å². The van der Waals surface area contributed by atoms with E-state index < -0.39 is 0 Å². The minimum absolute atomic E-state index is 0.301. The molecule has 3 rings (SSSR count). The Morgan fingerprint density at radius 3 is 1.71 bits per heavy atom. The number of benzene rings is 2. The fourth-order valence-electron chi connectivity index (χ4n) is 1.97. The van der Waals surface area contributed by atoms with E-state index in [1.807, 2.05) is 24.3 Å². The highest BCUT2D eigenvalue weighted by molar-refractivity contribution is 5.41. The number of aromatic nitrogens is 2. The van der Waals surface area contributed by atoms with Crippen LogP contribution in [-0.2, 0) is 0 Å². The second-order valence-corrected chi connectivity index (χ2v) is 4.74. The van der Waals surface area contributed by atoms with Gasteiger partial charge in [-0.1, -0.05) is 24.0 Å². The van der Waals surface area contributed by atoms with Gasteiger partial charge in [0.15, 0.2) is 0 Å². The highest BCUT2D eigenvalue weighted by Crippen LogP contribution is 2.24. The number of hydrogen-bond donors (Lipinski definition) is 0. The van der Waals surface area contributed by atoms with Gasteiger partial charge in [-0.15, -0.1) is 12.8 Å². The van der Waals surface area contributed by atoms with E-state index in [0.29, 0.717) is 23.3 Å². The Bertz CT molecular complexity index is 877. The molecule has 0 aliphatic carbocycles. The largest absolute Gasteiger partial charge is 0.437 e. The first-order chi connectivity index (χ1) is 11.8. The zero-order valence-electron chi connectivity index (χ0n) is 12.6. The number of terminal acetylenes is 2. The van der Waals surface area contributed by atoms with E-state index in [1.54, 1.807) is 24.3 Å². The molecule has 114 valence electrons. The molecule has 0 aliphatic rings. The van der Waals surface area contributed by atoms with Crippen LogP contribution in [0.4, 0.5) is 0 Å². The van der Waals surface area contributed by atoms with Gasteiger partial charge < -0.3 is 9.47 Å². The molecular weight excluding hydrogens is 300 g/mol. The van der Waals surface area contributed by atoms with Crippen molar-refractivity contribution in [2.24, 2.45) is 0 Å². The molecule has 0 radical (unpaired) electrons. The first-order valence-corrected chi connectivity index (χ1v) is 7.08. The third-order valence-corrected chi connectivity index (χ3v) is 3.04. The molecule has 4 nitrogen and oxygen atoms in total. The van der Waals surface area contributed by atoms with Gasteiger partial charge >= 0.3 is 0 Å². The van der Waals surface area contributed by atoms with Gasteiger partial charge in [-0.25, -0.2) is 0 Å². The van der Waals surface area contributed by atoms with Gasteiger partial charge in [0.2, 0.25) is 11.8 Å². The lowest BCUT2D eigenvalue weighted by molar-refractivity contribution is 0.421. The van der Waals surface area contributed by atoms with Crippen molar-refractivity contribution in [3.05, 3.63) is 72.1 Å². The Hall–Kier alpha value is -3.76. The maximum absolute atomic E-state index is 5.66. The number of hydrogen-bond acceptors (Lipinski definition) is 4. The average Bonchev–Trinajstić information content (AvgIpc) is 2.62. The lowest BCUT2D eigenvalue weighted by Crippen LogP contribution is -1.94. The van der Waals surface area contributed by atoms with Crippen LogP contribution in [0.15, 0.2) is 60.9 Å². The molecule has 3 aromatic rings. The summed E-state index contributed by atoms with van der Waals surface area (Å²) in [6, 6.07) is 14.3. The molecule has 0 aliphatic heterocycles. The first-order valence-electron chi connectivity index (χ1n) is 7.08. The summed E-state index contributed by atoms with van der Waals surface area (Å²) >= 11 is 0. The van der Waals surface area contributed by atoms with E-state index >= 15 is 0 Å². The molecule has 0 saturated carbocycles. The molecule has 0 spiro atoms. The SMILES string of the molecule is C#Cc1cccc(Oc2cncc(Oc3cccc(C#C)c3)n2)c1. The summed E-state index contributed by atoms with van der Waals surface area (Å²) in [6.07, 6.45) is 13.7. The van der Waals surface area contributed by atoms with Crippen molar-refractivity contribution in [1.29, 1.82) is 0 Å². The summed E-state index contributed by atoms with van der Waals surface area (Å²) in [5.74, 6) is 6.85. The van der Waals surface area contributed by atoms with Gasteiger partial charge in [0.05, 0.1) is 12.4 Å². The van der Waals surface area contributed by atoms with Crippen molar-refractivity contribution < 1.29 is 9.47 Å². The van der Waals surface area contributed by atoms with Crippen LogP contribution in [0, 0.1) is 24.7 Å². The highest BCUT2D eigenvalue weighted by atomic mass is 16.5. The molecule has 0 atom stereocenters. The van der Waals surface area contributed by atoms with Crippen LogP contribution in [-0.4, -0.2) is 9.97 Å². The molecule has 2 aromatic carbocycles. The average molecular weight is 312 g/mol. The third kappa shape index (κ3) is 3.71. The molecule has 0 bridgehead atoms. The molecule has 0 N–H and O–H groups in total. The van der Waals surface area contributed by atoms with Crippen molar-refractivity contribution in [3.8, 4) is 47.9 Å². The molecule has 1 heterocycles. The zero-order chi connectivity index (χ0) is 16.8. The molecule has 4 heteroatoms. The van der Waals surface area contributed by atoms with Crippen LogP contribution in [0.3, 0.4) is 0 Å². The van der Waals surface area contributed by atoms with Gasteiger partial charge in [-0.3, -0.25) is 4.98 Å². The molecular formula is C20H12N2O2. The molecule has 0 amide bonds. The summed E-state index contributed by atoms with van der Waals surface area (Å²) < 4.78 is 11.3. The van der Waals surface area contributed by atoms with Crippen molar-refractivity contribution in [3.63, 3.8) is 0 Å². The maximum atomic E-state index is 5.66. The van der Waals surface area contributed by atoms with E-state index in [1.165, 1.54) is 12.4 Å². The van der Waals surface area contributed by atoms with E-state index in [0.717, 1.165) is 11.1 Å². The Kier molecular flexibility index (Phi) is 4.42. The number of nitrogens with zero attached hydrogens (tertiary/aromatic N) is 2. The van der Waals surface area contributed by atoms with E-state index in [-0.39, 0.29) is 0 Å². The predicted octanol–water partition coefficient (Wildman–Crippen LogP) is 4.02. The molecule has 24 heavy (non-hydrogen) atoms. The molecule has 0 fully saturated rings. The summed E-state index contributed by atoms with van der Waals surface area (Å²) in [5.41, 5.74) is 1.44. The van der Waals surface area contributed by atoms with Crippen LogP contribution in [0.5, 0.6) is 23.3 Å². The van der Waals surface area contributed by atoms with Crippen LogP contribution >= 0.6 is 0 Å². The van der Waals surface area contributed by atoms with Crippen LogP contribution < -0.4 is 9.47 Å². The Morgan fingerprint density at radius 1 is 0.750 bits per heavy atom. The van der Waals surface area contributed by atoms with Crippen molar-refractivity contribution in [2.45, 2.75) is 0 Å². The number of rotatable bonds is 4. The van der Waals surface area contributed by atoms with Gasteiger partial charge in [0, 0.05) is 11.1 Å². The zero-order valence-corrected chi connectivity index (χ0v) is 12.6. The van der Waals surface area contributed by atoms with Gasteiger partial charge in [0.25, 0.3) is 0 Å². The smallest absolute Gasteiger partial charge is 0.241 e. The van der Waals surface area contributed by atoms with Gasteiger partial charge in [-0.2, -0.15) is 4.98 Å². The topological polar surface area (TPSA) is 44.2 Å². The van der Waals surface area contributed by atoms with Crippen LogP contribution in [0.25, 0.3) is 0 Å². The van der Waals surface area contributed by atoms with Gasteiger partial charge in [0.1, 0.15) is 11.5 Å². The van der Waals surface area contributed by atoms with E-state index in [2.05, 4.69) is 21.8 Å². The fraction of sp³-hybridized carbons (Fsp3) is 0. The number of ether oxygens (including phenoxy) is 2. The molecule has 1 aromatic heterocycles. The van der Waals surface area contributed by atoms with Crippen molar-refractivity contribution in [2.75, 3.05) is 0 Å². The Labute approximate surface area is 140 Å². The standard InChI is InChI=1S/C20H12N2O2/c1-3-15-7-5-9-17(11-15)23-19-13-21-14-20(22-19)24-18-10-6-8-16(4-2)12-18/h1-2,5-14H. The third-order valence-electron chi connectivity index (χ3n) is 3.04. The minimum atomic E-state index is 0.301. The maximum Gasteiger partial charge on any atom is 0.241 e. The summed E-state index contributed by atoms with van der Waals surface area (Å²) in [6.45, 7) is 0. The monoisotopic (exact) mass is 312 g/mol. The molecule has 0 saturated heterocycles. The van der Waals surface area contributed by atoms with Crippen molar-refractivity contribution >= 4 is 0 Å². The lowest BCUT2D eigenvalue weighted by Gasteiger charge is -2.08. The predicted molar refractivity (Wildman–Crippen MR) is 90.9 cm³/mol. The fourth-order valence-corrected chi connectivity index (χ4v) is 1.97. The lowest BCUT2D eigenvalue weighted by atomic mass is 10.2. The second-order valence-electron chi connectivity index (χ2n) is 4.74. The Balaban J connectivity index is 1.79. The quantitative estimate of drug-likeness (QED) is 0.682.